The molecule has 8 heteroatoms. The average molecular weight is 502 g/mol. The van der Waals surface area contributed by atoms with E-state index in [1.165, 1.54) is 14.2 Å². The second kappa shape index (κ2) is 9.60. The van der Waals surface area contributed by atoms with Crippen LogP contribution < -0.4 is 9.47 Å². The Morgan fingerprint density at radius 2 is 0.806 bits per heavy atom. The molecule has 0 radical (unpaired) electrons. The number of benzene rings is 4. The Morgan fingerprint density at radius 1 is 0.500 bits per heavy atom. The highest BCUT2D eigenvalue weighted by Gasteiger charge is 2.23. The first-order valence-electron chi connectivity index (χ1n) is 10.7. The Balaban J connectivity index is 2.03. The molecule has 0 aliphatic heterocycles. The maximum Gasteiger partial charge on any atom is 0.194 e. The quantitative estimate of drug-likeness (QED) is 0.203. The van der Waals surface area contributed by atoms with Crippen LogP contribution in [0.5, 0.6) is 11.5 Å². The Bertz CT molecular complexity index is 1340. The Labute approximate surface area is 203 Å². The molecule has 36 heavy (non-hydrogen) atoms. The molecule has 186 valence electrons. The van der Waals surface area contributed by atoms with Gasteiger partial charge in [-0.2, -0.15) is 0 Å². The molecule has 0 spiro atoms. The summed E-state index contributed by atoms with van der Waals surface area (Å²) in [6, 6.07) is 9.89. The molecule has 4 aromatic rings. The van der Waals surface area contributed by atoms with Gasteiger partial charge in [-0.1, -0.05) is 12.1 Å². The van der Waals surface area contributed by atoms with Gasteiger partial charge in [-0.3, -0.25) is 0 Å². The molecule has 4 aromatic carbocycles. The number of methoxy groups -OCH3 is 2. The molecule has 0 aliphatic rings. The van der Waals surface area contributed by atoms with Crippen LogP contribution in [0.15, 0.2) is 48.5 Å². The van der Waals surface area contributed by atoms with E-state index in [0.717, 1.165) is 24.3 Å². The highest BCUT2D eigenvalue weighted by atomic mass is 19.2. The van der Waals surface area contributed by atoms with Crippen molar-refractivity contribution >= 4 is 0 Å². The summed E-state index contributed by atoms with van der Waals surface area (Å²) in [6.07, 6.45) is 0. The van der Waals surface area contributed by atoms with E-state index in [9.17, 15) is 26.3 Å². The van der Waals surface area contributed by atoms with Crippen molar-refractivity contribution in [3.63, 3.8) is 0 Å². The largest absolute Gasteiger partial charge is 0.496 e. The predicted octanol–water partition coefficient (Wildman–Crippen LogP) is 8.16. The summed E-state index contributed by atoms with van der Waals surface area (Å²) >= 11 is 0. The molecule has 2 nitrogen and oxygen atoms in total. The smallest absolute Gasteiger partial charge is 0.194 e. The van der Waals surface area contributed by atoms with Crippen LogP contribution in [0.25, 0.3) is 33.4 Å². The highest BCUT2D eigenvalue weighted by molar-refractivity contribution is 5.90. The number of hydrogen-bond donors (Lipinski definition) is 0. The third-order valence-electron chi connectivity index (χ3n) is 6.13. The Kier molecular flexibility index (Phi) is 6.71. The molecule has 0 saturated heterocycles. The van der Waals surface area contributed by atoms with Gasteiger partial charge in [0.1, 0.15) is 11.5 Å². The van der Waals surface area contributed by atoms with Gasteiger partial charge in [-0.25, -0.2) is 26.3 Å². The van der Waals surface area contributed by atoms with E-state index in [1.807, 2.05) is 0 Å². The summed E-state index contributed by atoms with van der Waals surface area (Å²) in [4.78, 5) is 0. The second-order valence-electron chi connectivity index (χ2n) is 8.14. The summed E-state index contributed by atoms with van der Waals surface area (Å²) in [6.45, 7) is 3.38. The van der Waals surface area contributed by atoms with Crippen molar-refractivity contribution in [3.05, 3.63) is 94.6 Å². The van der Waals surface area contributed by atoms with Crippen LogP contribution in [0.1, 0.15) is 11.1 Å². The summed E-state index contributed by atoms with van der Waals surface area (Å²) in [7, 11) is 2.87. The lowest BCUT2D eigenvalue weighted by molar-refractivity contribution is 0.410. The molecule has 0 heterocycles. The first-order chi connectivity index (χ1) is 17.1. The first kappa shape index (κ1) is 25.2. The van der Waals surface area contributed by atoms with Gasteiger partial charge < -0.3 is 9.47 Å². The number of halogens is 6. The van der Waals surface area contributed by atoms with Gasteiger partial charge in [0, 0.05) is 11.1 Å². The van der Waals surface area contributed by atoms with Gasteiger partial charge in [-0.05, 0) is 83.6 Å². The molecule has 0 saturated carbocycles. The Morgan fingerprint density at radius 3 is 1.08 bits per heavy atom. The van der Waals surface area contributed by atoms with E-state index in [4.69, 9.17) is 9.47 Å². The van der Waals surface area contributed by atoms with Crippen molar-refractivity contribution < 1.29 is 35.8 Å². The zero-order chi connectivity index (χ0) is 26.3. The molecule has 0 fully saturated rings. The summed E-state index contributed by atoms with van der Waals surface area (Å²) in [5.41, 5.74) is 3.01. The van der Waals surface area contributed by atoms with Crippen molar-refractivity contribution in [3.8, 4) is 44.9 Å². The molecule has 0 unspecified atom stereocenters. The minimum Gasteiger partial charge on any atom is -0.496 e. The summed E-state index contributed by atoms with van der Waals surface area (Å²) < 4.78 is 94.2. The van der Waals surface area contributed by atoms with Gasteiger partial charge in [0.05, 0.1) is 14.2 Å². The summed E-state index contributed by atoms with van der Waals surface area (Å²) in [5.74, 6) is -7.72. The lowest BCUT2D eigenvalue weighted by Gasteiger charge is -2.22. The van der Waals surface area contributed by atoms with E-state index in [1.54, 1.807) is 38.1 Å². The van der Waals surface area contributed by atoms with Crippen LogP contribution in [0.4, 0.5) is 26.3 Å². The normalized spacial score (nSPS) is 11.1. The minimum atomic E-state index is -1.57. The van der Waals surface area contributed by atoms with Gasteiger partial charge in [0.2, 0.25) is 0 Å². The van der Waals surface area contributed by atoms with Gasteiger partial charge in [-0.15, -0.1) is 0 Å². The van der Waals surface area contributed by atoms with Crippen LogP contribution in [0.3, 0.4) is 0 Å². The monoisotopic (exact) mass is 502 g/mol. The maximum atomic E-state index is 14.0. The standard InChI is InChI=1S/C28H20F6O2/c1-13-17(15-9-19(29)27(33)20(30)10-15)5-7-23(35-3)25(13)26-14(2)18(6-8-24(26)36-4)16-11-21(31)28(34)22(32)12-16/h5-12H,1-4H3. The zero-order valence-corrected chi connectivity index (χ0v) is 19.7. The Hall–Kier alpha value is -3.94. The van der Waals surface area contributed by atoms with Crippen LogP contribution in [0.2, 0.25) is 0 Å². The van der Waals surface area contributed by atoms with Crippen molar-refractivity contribution in [2.45, 2.75) is 13.8 Å². The van der Waals surface area contributed by atoms with Gasteiger partial charge in [0.15, 0.2) is 34.9 Å². The molecule has 0 amide bonds. The van der Waals surface area contributed by atoms with Crippen molar-refractivity contribution in [2.75, 3.05) is 14.2 Å². The van der Waals surface area contributed by atoms with E-state index in [-0.39, 0.29) is 11.1 Å². The van der Waals surface area contributed by atoms with Gasteiger partial charge in [0.25, 0.3) is 0 Å². The fourth-order valence-electron chi connectivity index (χ4n) is 4.38. The summed E-state index contributed by atoms with van der Waals surface area (Å²) in [5, 5.41) is 0. The van der Waals surface area contributed by atoms with Crippen LogP contribution in [-0.4, -0.2) is 14.2 Å². The van der Waals surface area contributed by atoms with Crippen molar-refractivity contribution in [1.82, 2.24) is 0 Å². The molecule has 0 aromatic heterocycles. The van der Waals surface area contributed by atoms with Crippen molar-refractivity contribution in [2.24, 2.45) is 0 Å². The average Bonchev–Trinajstić information content (AvgIpc) is 2.85. The topological polar surface area (TPSA) is 18.5 Å². The molecular formula is C28H20F6O2. The third kappa shape index (κ3) is 4.17. The third-order valence-corrected chi connectivity index (χ3v) is 6.13. The van der Waals surface area contributed by atoms with Crippen molar-refractivity contribution in [1.29, 1.82) is 0 Å². The molecule has 0 bridgehead atoms. The second-order valence-corrected chi connectivity index (χ2v) is 8.14. The number of rotatable bonds is 5. The zero-order valence-electron chi connectivity index (χ0n) is 19.7. The van der Waals surface area contributed by atoms with E-state index in [0.29, 0.717) is 44.9 Å². The first-order valence-corrected chi connectivity index (χ1v) is 10.7. The van der Waals surface area contributed by atoms with E-state index < -0.39 is 34.9 Å². The predicted molar refractivity (Wildman–Crippen MR) is 125 cm³/mol. The molecule has 0 N–H and O–H groups in total. The van der Waals surface area contributed by atoms with Gasteiger partial charge >= 0.3 is 0 Å². The molecule has 4 rings (SSSR count). The lowest BCUT2D eigenvalue weighted by atomic mass is 9.86. The SMILES string of the molecule is COc1ccc(-c2cc(F)c(F)c(F)c2)c(C)c1-c1c(OC)ccc(-c2cc(F)c(F)c(F)c2)c1C. The fourth-order valence-corrected chi connectivity index (χ4v) is 4.38. The number of hydrogen-bond acceptors (Lipinski definition) is 2. The lowest BCUT2D eigenvalue weighted by Crippen LogP contribution is -2.01. The van der Waals surface area contributed by atoms with E-state index >= 15 is 0 Å². The van der Waals surface area contributed by atoms with E-state index in [2.05, 4.69) is 0 Å². The number of ether oxygens (including phenoxy) is 2. The molecule has 0 aliphatic carbocycles. The van der Waals surface area contributed by atoms with Crippen LogP contribution in [-0.2, 0) is 0 Å². The maximum absolute atomic E-state index is 14.0. The molecular weight excluding hydrogens is 482 g/mol. The fraction of sp³-hybridized carbons (Fsp3) is 0.143. The molecule has 0 atom stereocenters. The minimum absolute atomic E-state index is 0.100. The highest BCUT2D eigenvalue weighted by Crippen LogP contribution is 2.46. The van der Waals surface area contributed by atoms with Crippen LogP contribution >= 0.6 is 0 Å². The van der Waals surface area contributed by atoms with Crippen LogP contribution in [0, 0.1) is 48.8 Å².